The minimum Gasteiger partial charge on any atom is -0.478 e. The fourth-order valence-electron chi connectivity index (χ4n) is 4.64. The number of ether oxygens (including phenoxy) is 1. The molecule has 1 aliphatic heterocycles. The van der Waals surface area contributed by atoms with Crippen molar-refractivity contribution in [2.45, 2.75) is 0 Å². The number of H-pyrrole nitrogens is 1. The van der Waals surface area contributed by atoms with Crippen LogP contribution in [0.4, 0.5) is 5.69 Å². The molecule has 0 bridgehead atoms. The van der Waals surface area contributed by atoms with Crippen LogP contribution >= 0.6 is 0 Å². The number of morpholine rings is 1. The summed E-state index contributed by atoms with van der Waals surface area (Å²) in [6, 6.07) is 17.5. The van der Waals surface area contributed by atoms with Crippen molar-refractivity contribution < 1.29 is 14.6 Å². The number of imidazole rings is 1. The number of anilines is 1. The second-order valence-electron chi connectivity index (χ2n) is 8.75. The molecule has 0 atom stereocenters. The van der Waals surface area contributed by atoms with Gasteiger partial charge in [-0.25, -0.2) is 14.3 Å². The Kier molecular flexibility index (Phi) is 5.74. The van der Waals surface area contributed by atoms with Crippen LogP contribution in [0.2, 0.25) is 0 Å². The van der Waals surface area contributed by atoms with Gasteiger partial charge in [-0.2, -0.15) is 5.10 Å². The molecule has 37 heavy (non-hydrogen) atoms. The number of aromatic amines is 1. The van der Waals surface area contributed by atoms with Crippen molar-refractivity contribution in [1.29, 1.82) is 0 Å². The Bertz CT molecular complexity index is 1710. The number of nitrogens with one attached hydrogen (secondary N) is 1. The number of carbonyl (C=O) groups is 1. The summed E-state index contributed by atoms with van der Waals surface area (Å²) < 4.78 is 7.30. The Hall–Kier alpha value is -4.76. The molecule has 2 aromatic carbocycles. The van der Waals surface area contributed by atoms with Crippen LogP contribution in [0.15, 0.2) is 71.7 Å². The van der Waals surface area contributed by atoms with Gasteiger partial charge in [0.2, 0.25) is 0 Å². The standard InChI is InChI=1S/C28H23N5O4/c34-25-17-20(30-22-4-2-1-3-21(22)25)9-10-23-26(18-5-7-19(8-6-18)28(35)36)33-27(31-23)24(11-12-29-33)32-13-15-37-16-14-32/h1-12,17H,13-16H2,(H,30,34)(H,35,36). The van der Waals surface area contributed by atoms with Gasteiger partial charge in [-0.15, -0.1) is 0 Å². The van der Waals surface area contributed by atoms with E-state index in [9.17, 15) is 14.7 Å². The number of aromatic nitrogens is 4. The zero-order chi connectivity index (χ0) is 25.4. The van der Waals surface area contributed by atoms with E-state index in [0.29, 0.717) is 35.6 Å². The molecule has 1 aliphatic rings. The molecule has 2 N–H and O–H groups in total. The van der Waals surface area contributed by atoms with Gasteiger partial charge in [-0.1, -0.05) is 24.3 Å². The van der Waals surface area contributed by atoms with Crippen molar-refractivity contribution in [3.8, 4) is 11.3 Å². The average molecular weight is 494 g/mol. The first kappa shape index (κ1) is 22.7. The predicted octanol–water partition coefficient (Wildman–Crippen LogP) is 3.94. The third-order valence-corrected chi connectivity index (χ3v) is 6.46. The normalized spacial score (nSPS) is 14.1. The summed E-state index contributed by atoms with van der Waals surface area (Å²) >= 11 is 0. The number of carboxylic acid groups (broad SMARTS) is 1. The molecule has 3 aromatic heterocycles. The summed E-state index contributed by atoms with van der Waals surface area (Å²) in [5.41, 5.74) is 5.31. The van der Waals surface area contributed by atoms with Gasteiger partial charge >= 0.3 is 5.97 Å². The van der Waals surface area contributed by atoms with Gasteiger partial charge in [0.25, 0.3) is 0 Å². The maximum absolute atomic E-state index is 12.6. The highest BCUT2D eigenvalue weighted by molar-refractivity contribution is 5.89. The van der Waals surface area contributed by atoms with E-state index >= 15 is 0 Å². The molecule has 1 fully saturated rings. The van der Waals surface area contributed by atoms with Gasteiger partial charge < -0.3 is 19.7 Å². The highest BCUT2D eigenvalue weighted by Crippen LogP contribution is 2.31. The van der Waals surface area contributed by atoms with Crippen molar-refractivity contribution in [1.82, 2.24) is 19.6 Å². The molecule has 0 radical (unpaired) electrons. The van der Waals surface area contributed by atoms with Crippen LogP contribution in [0, 0.1) is 0 Å². The number of hydrogen-bond acceptors (Lipinski definition) is 6. The lowest BCUT2D eigenvalue weighted by Gasteiger charge is -2.28. The number of aromatic carboxylic acids is 1. The van der Waals surface area contributed by atoms with E-state index in [2.05, 4.69) is 15.0 Å². The maximum atomic E-state index is 12.6. The number of benzene rings is 2. The van der Waals surface area contributed by atoms with Crippen molar-refractivity contribution in [3.63, 3.8) is 0 Å². The second kappa shape index (κ2) is 9.36. The number of pyridine rings is 1. The van der Waals surface area contributed by atoms with Crippen molar-refractivity contribution in [2.24, 2.45) is 0 Å². The Morgan fingerprint density at radius 2 is 1.81 bits per heavy atom. The molecular weight excluding hydrogens is 470 g/mol. The summed E-state index contributed by atoms with van der Waals surface area (Å²) in [5.74, 6) is -0.988. The van der Waals surface area contributed by atoms with E-state index in [1.54, 1.807) is 47.1 Å². The minimum absolute atomic E-state index is 0.0650. The topological polar surface area (TPSA) is 113 Å². The average Bonchev–Trinajstić information content (AvgIpc) is 3.31. The zero-order valence-electron chi connectivity index (χ0n) is 19.8. The fraction of sp³-hybridized carbons (Fsp3) is 0.143. The van der Waals surface area contributed by atoms with E-state index in [0.717, 1.165) is 35.6 Å². The summed E-state index contributed by atoms with van der Waals surface area (Å²) in [6.07, 6.45) is 5.40. The molecular formula is C28H23N5O4. The predicted molar refractivity (Wildman–Crippen MR) is 142 cm³/mol. The summed E-state index contributed by atoms with van der Waals surface area (Å²) in [5, 5.41) is 14.6. The van der Waals surface area contributed by atoms with E-state index in [-0.39, 0.29) is 11.0 Å². The van der Waals surface area contributed by atoms with Crippen LogP contribution in [0.5, 0.6) is 0 Å². The van der Waals surface area contributed by atoms with E-state index in [1.807, 2.05) is 36.4 Å². The number of carboxylic acids is 1. The first-order valence-electron chi connectivity index (χ1n) is 11.9. The van der Waals surface area contributed by atoms with E-state index in [4.69, 9.17) is 9.72 Å². The van der Waals surface area contributed by atoms with Crippen molar-refractivity contribution in [2.75, 3.05) is 31.2 Å². The van der Waals surface area contributed by atoms with Crippen LogP contribution in [0.25, 0.3) is 40.0 Å². The molecule has 6 rings (SSSR count). The van der Waals surface area contributed by atoms with Crippen molar-refractivity contribution >= 4 is 40.4 Å². The molecule has 4 heterocycles. The molecule has 0 saturated carbocycles. The summed E-state index contributed by atoms with van der Waals surface area (Å²) in [4.78, 5) is 34.4. The van der Waals surface area contributed by atoms with Gasteiger partial charge in [0.15, 0.2) is 11.1 Å². The second-order valence-corrected chi connectivity index (χ2v) is 8.75. The van der Waals surface area contributed by atoms with Gasteiger partial charge in [-0.3, -0.25) is 4.79 Å². The fourth-order valence-corrected chi connectivity index (χ4v) is 4.64. The summed E-state index contributed by atoms with van der Waals surface area (Å²) in [6.45, 7) is 2.78. The Labute approximate surface area is 211 Å². The molecule has 1 saturated heterocycles. The largest absolute Gasteiger partial charge is 0.478 e. The van der Waals surface area contributed by atoms with Crippen LogP contribution in [0.1, 0.15) is 21.7 Å². The van der Waals surface area contributed by atoms with Gasteiger partial charge in [0.05, 0.1) is 36.4 Å². The van der Waals surface area contributed by atoms with Crippen LogP contribution in [-0.4, -0.2) is 57.0 Å². The van der Waals surface area contributed by atoms with Gasteiger partial charge in [-0.05, 0) is 42.5 Å². The molecule has 9 nitrogen and oxygen atoms in total. The third-order valence-electron chi connectivity index (χ3n) is 6.46. The summed E-state index contributed by atoms with van der Waals surface area (Å²) in [7, 11) is 0. The van der Waals surface area contributed by atoms with Crippen LogP contribution in [0.3, 0.4) is 0 Å². The third kappa shape index (κ3) is 4.25. The molecule has 184 valence electrons. The Morgan fingerprint density at radius 3 is 2.59 bits per heavy atom. The monoisotopic (exact) mass is 493 g/mol. The SMILES string of the molecule is O=C(O)c1ccc(-c2c(C=Cc3cc(=O)c4ccccc4[nH]3)nc3c(N4CCOCC4)ccnn23)cc1. The number of para-hydroxylation sites is 1. The molecule has 0 spiro atoms. The first-order chi connectivity index (χ1) is 18.1. The maximum Gasteiger partial charge on any atom is 0.335 e. The number of fused-ring (bicyclic) bond motifs is 2. The molecule has 0 aliphatic carbocycles. The minimum atomic E-state index is -0.988. The highest BCUT2D eigenvalue weighted by Gasteiger charge is 2.20. The lowest BCUT2D eigenvalue weighted by Crippen LogP contribution is -2.36. The van der Waals surface area contributed by atoms with E-state index < -0.39 is 5.97 Å². The highest BCUT2D eigenvalue weighted by atomic mass is 16.5. The molecule has 9 heteroatoms. The van der Waals surface area contributed by atoms with Gasteiger partial charge in [0, 0.05) is 41.3 Å². The number of hydrogen-bond donors (Lipinski definition) is 2. The molecule has 0 unspecified atom stereocenters. The lowest BCUT2D eigenvalue weighted by atomic mass is 10.1. The zero-order valence-corrected chi connectivity index (χ0v) is 19.8. The van der Waals surface area contributed by atoms with Crippen LogP contribution in [-0.2, 0) is 4.74 Å². The van der Waals surface area contributed by atoms with Crippen LogP contribution < -0.4 is 10.3 Å². The van der Waals surface area contributed by atoms with E-state index in [1.165, 1.54) is 0 Å². The molecule has 0 amide bonds. The molecule has 5 aromatic rings. The van der Waals surface area contributed by atoms with Crippen molar-refractivity contribution in [3.05, 3.63) is 94.0 Å². The number of nitrogens with zero attached hydrogens (tertiary/aromatic N) is 4. The Morgan fingerprint density at radius 1 is 1.03 bits per heavy atom. The first-order valence-corrected chi connectivity index (χ1v) is 11.9. The smallest absolute Gasteiger partial charge is 0.335 e. The van der Waals surface area contributed by atoms with Gasteiger partial charge in [0.1, 0.15) is 5.69 Å². The Balaban J connectivity index is 1.50. The number of rotatable bonds is 5. The lowest BCUT2D eigenvalue weighted by molar-refractivity contribution is 0.0697. The quantitative estimate of drug-likeness (QED) is 0.381.